The second kappa shape index (κ2) is 4.00. The Hall–Kier alpha value is -3.18. The summed E-state index contributed by atoms with van der Waals surface area (Å²) in [5.74, 6) is 0. The minimum Gasteiger partial charge on any atom is -0.351 e. The number of amides is 3. The third-order valence-corrected chi connectivity index (χ3v) is 1.81. The van der Waals surface area contributed by atoms with Crippen molar-refractivity contribution in [2.45, 2.75) is 0 Å². The largest absolute Gasteiger partial charge is 0.353 e. The zero-order valence-electron chi connectivity index (χ0n) is 8.52. The fourth-order valence-electron chi connectivity index (χ4n) is 1.11. The smallest absolute Gasteiger partial charge is 0.351 e. The number of rotatable bonds is 0. The van der Waals surface area contributed by atoms with Gasteiger partial charge in [-0.15, -0.1) is 0 Å². The SMILES string of the molecule is NC(=O)n1c(=O)n(C(N)=O)c(=O)n(C(N)=O)c1=O. The van der Waals surface area contributed by atoms with Crippen molar-refractivity contribution in [1.29, 1.82) is 0 Å². The highest BCUT2D eigenvalue weighted by Gasteiger charge is 2.23. The van der Waals surface area contributed by atoms with Crippen LogP contribution in [0.15, 0.2) is 14.4 Å². The van der Waals surface area contributed by atoms with Gasteiger partial charge in [0.2, 0.25) is 0 Å². The fourth-order valence-corrected chi connectivity index (χ4v) is 1.11. The maximum atomic E-state index is 11.4. The molecule has 12 heteroatoms. The van der Waals surface area contributed by atoms with Gasteiger partial charge >= 0.3 is 35.2 Å². The first-order chi connectivity index (χ1) is 8.20. The molecule has 1 rings (SSSR count). The topological polar surface area (TPSA) is 195 Å². The Bertz CT molecular complexity index is 604. The summed E-state index contributed by atoms with van der Waals surface area (Å²) in [5, 5.41) is 0. The molecule has 0 aliphatic carbocycles. The standard InChI is InChI=1S/C6H6N6O6/c7-1(13)10-4(16)11(2(8)14)6(18)12(3(9)15)5(10)17/h(H2,7,13)(H2,8,14)(H2,9,15). The molecule has 0 spiro atoms. The Morgan fingerprint density at radius 3 is 0.889 bits per heavy atom. The number of hydrogen-bond acceptors (Lipinski definition) is 6. The maximum Gasteiger partial charge on any atom is 0.353 e. The van der Waals surface area contributed by atoms with Crippen molar-refractivity contribution in [3.05, 3.63) is 31.5 Å². The highest BCUT2D eigenvalue weighted by atomic mass is 16.2. The minimum absolute atomic E-state index is 0.336. The number of primary amides is 3. The van der Waals surface area contributed by atoms with Gasteiger partial charge in [-0.1, -0.05) is 0 Å². The predicted octanol–water partition coefficient (Wildman–Crippen LogP) is -4.05. The Morgan fingerprint density at radius 1 is 0.611 bits per heavy atom. The predicted molar refractivity (Wildman–Crippen MR) is 54.2 cm³/mol. The molecule has 18 heavy (non-hydrogen) atoms. The summed E-state index contributed by atoms with van der Waals surface area (Å²) < 4.78 is -1.01. The van der Waals surface area contributed by atoms with Gasteiger partial charge in [0.05, 0.1) is 0 Å². The lowest BCUT2D eigenvalue weighted by molar-refractivity contribution is 0.238. The third kappa shape index (κ3) is 1.66. The molecule has 0 saturated carbocycles. The van der Waals surface area contributed by atoms with Crippen LogP contribution in [-0.2, 0) is 0 Å². The van der Waals surface area contributed by atoms with Crippen molar-refractivity contribution >= 4 is 18.1 Å². The van der Waals surface area contributed by atoms with Crippen LogP contribution in [0.3, 0.4) is 0 Å². The van der Waals surface area contributed by atoms with Crippen LogP contribution < -0.4 is 34.3 Å². The molecule has 6 N–H and O–H groups in total. The lowest BCUT2D eigenvalue weighted by Crippen LogP contribution is -2.61. The van der Waals surface area contributed by atoms with Crippen LogP contribution in [0.4, 0.5) is 14.4 Å². The summed E-state index contributed by atoms with van der Waals surface area (Å²) in [6, 6.07) is -4.85. The van der Waals surface area contributed by atoms with E-state index >= 15 is 0 Å². The third-order valence-electron chi connectivity index (χ3n) is 1.81. The normalized spacial score (nSPS) is 10.0. The maximum absolute atomic E-state index is 11.4. The molecule has 3 amide bonds. The van der Waals surface area contributed by atoms with E-state index in [-0.39, 0.29) is 13.7 Å². The molecule has 96 valence electrons. The number of nitrogens with zero attached hydrogens (tertiary/aromatic N) is 3. The van der Waals surface area contributed by atoms with E-state index in [2.05, 4.69) is 0 Å². The molecule has 0 bridgehead atoms. The molecule has 0 radical (unpaired) electrons. The van der Waals surface area contributed by atoms with E-state index in [0.717, 1.165) is 0 Å². The summed E-state index contributed by atoms with van der Waals surface area (Å²) in [6.07, 6.45) is 0. The van der Waals surface area contributed by atoms with Gasteiger partial charge in [0.25, 0.3) is 0 Å². The molecule has 1 heterocycles. The summed E-state index contributed by atoms with van der Waals surface area (Å²) in [5.41, 5.74) is 9.01. The Morgan fingerprint density at radius 2 is 0.778 bits per heavy atom. The Labute approximate surface area is 95.8 Å². The zero-order valence-corrected chi connectivity index (χ0v) is 8.52. The van der Waals surface area contributed by atoms with E-state index in [9.17, 15) is 28.8 Å². The molecule has 0 fully saturated rings. The van der Waals surface area contributed by atoms with Crippen molar-refractivity contribution in [1.82, 2.24) is 13.7 Å². The molecular weight excluding hydrogens is 252 g/mol. The van der Waals surface area contributed by atoms with Gasteiger partial charge in [0, 0.05) is 0 Å². The highest BCUT2D eigenvalue weighted by Crippen LogP contribution is 1.72. The lowest BCUT2D eigenvalue weighted by atomic mass is 10.7. The number of aromatic nitrogens is 3. The van der Waals surface area contributed by atoms with Crippen LogP contribution in [0.2, 0.25) is 0 Å². The minimum atomic E-state index is -1.69. The average Bonchev–Trinajstić information content (AvgIpc) is 2.14. The molecular formula is C6H6N6O6. The van der Waals surface area contributed by atoms with Crippen molar-refractivity contribution < 1.29 is 14.4 Å². The van der Waals surface area contributed by atoms with Crippen LogP contribution in [-0.4, -0.2) is 31.8 Å². The number of nitrogens with two attached hydrogens (primary N) is 3. The highest BCUT2D eigenvalue weighted by molar-refractivity contribution is 5.79. The van der Waals surface area contributed by atoms with Gasteiger partial charge in [-0.05, 0) is 0 Å². The second-order valence-electron chi connectivity index (χ2n) is 2.87. The second-order valence-corrected chi connectivity index (χ2v) is 2.87. The first-order valence-corrected chi connectivity index (χ1v) is 4.10. The summed E-state index contributed by atoms with van der Waals surface area (Å²) in [4.78, 5) is 66.8. The molecule has 0 atom stereocenters. The Balaban J connectivity index is 4.15. The van der Waals surface area contributed by atoms with E-state index in [4.69, 9.17) is 17.2 Å². The quantitative estimate of drug-likeness (QED) is 0.423. The summed E-state index contributed by atoms with van der Waals surface area (Å²) >= 11 is 0. The number of hydrogen-bond donors (Lipinski definition) is 3. The van der Waals surface area contributed by atoms with Crippen LogP contribution in [0.25, 0.3) is 0 Å². The van der Waals surface area contributed by atoms with Gasteiger partial charge < -0.3 is 17.2 Å². The van der Waals surface area contributed by atoms with Gasteiger partial charge in [0.1, 0.15) is 0 Å². The molecule has 0 aliphatic heterocycles. The zero-order chi connectivity index (χ0) is 14.2. The van der Waals surface area contributed by atoms with E-state index in [1.807, 2.05) is 0 Å². The fraction of sp³-hybridized carbons (Fsp3) is 0. The van der Waals surface area contributed by atoms with E-state index in [0.29, 0.717) is 0 Å². The first-order valence-electron chi connectivity index (χ1n) is 4.10. The van der Waals surface area contributed by atoms with E-state index in [1.165, 1.54) is 0 Å². The number of carbonyl (C=O) groups excluding carboxylic acids is 3. The molecule has 1 aromatic rings. The van der Waals surface area contributed by atoms with Crippen LogP contribution >= 0.6 is 0 Å². The molecule has 0 saturated heterocycles. The van der Waals surface area contributed by atoms with Gasteiger partial charge in [0.15, 0.2) is 0 Å². The summed E-state index contributed by atoms with van der Waals surface area (Å²) in [6.45, 7) is 0. The molecule has 1 aromatic heterocycles. The van der Waals surface area contributed by atoms with E-state index in [1.54, 1.807) is 0 Å². The van der Waals surface area contributed by atoms with Crippen molar-refractivity contribution in [3.8, 4) is 0 Å². The Kier molecular flexibility index (Phi) is 2.87. The van der Waals surface area contributed by atoms with Crippen LogP contribution in [0.1, 0.15) is 0 Å². The molecule has 0 unspecified atom stereocenters. The van der Waals surface area contributed by atoms with Gasteiger partial charge in [-0.25, -0.2) is 28.8 Å². The average molecular weight is 258 g/mol. The molecule has 0 aliphatic rings. The van der Waals surface area contributed by atoms with E-state index < -0.39 is 35.2 Å². The monoisotopic (exact) mass is 258 g/mol. The van der Waals surface area contributed by atoms with Crippen molar-refractivity contribution in [2.24, 2.45) is 17.2 Å². The van der Waals surface area contributed by atoms with Crippen molar-refractivity contribution in [3.63, 3.8) is 0 Å². The molecule has 0 aromatic carbocycles. The lowest BCUT2D eigenvalue weighted by Gasteiger charge is -2.06. The number of carbonyl (C=O) groups is 3. The van der Waals surface area contributed by atoms with Crippen molar-refractivity contribution in [2.75, 3.05) is 0 Å². The van der Waals surface area contributed by atoms with Gasteiger partial charge in [-0.2, -0.15) is 13.7 Å². The summed E-state index contributed by atoms with van der Waals surface area (Å²) in [7, 11) is 0. The van der Waals surface area contributed by atoms with Crippen LogP contribution in [0, 0.1) is 0 Å². The van der Waals surface area contributed by atoms with Gasteiger partial charge in [-0.3, -0.25) is 0 Å². The molecule has 12 nitrogen and oxygen atoms in total. The first kappa shape index (κ1) is 12.9. The van der Waals surface area contributed by atoms with Crippen LogP contribution in [0.5, 0.6) is 0 Å².